The van der Waals surface area contributed by atoms with Gasteiger partial charge in [0.15, 0.2) is 0 Å². The van der Waals surface area contributed by atoms with Crippen molar-refractivity contribution in [3.63, 3.8) is 0 Å². The molecule has 0 fully saturated rings. The summed E-state index contributed by atoms with van der Waals surface area (Å²) in [7, 11) is 0. The molecule has 642 valence electrons. The van der Waals surface area contributed by atoms with Crippen molar-refractivity contribution in [2.24, 2.45) is 0 Å². The van der Waals surface area contributed by atoms with Crippen molar-refractivity contribution in [3.05, 3.63) is 544 Å². The highest BCUT2D eigenvalue weighted by Gasteiger charge is 2.26. The molecule has 0 amide bonds. The van der Waals surface area contributed by atoms with Gasteiger partial charge in [0, 0.05) is 0 Å². The van der Waals surface area contributed by atoms with E-state index in [9.17, 15) is 46.6 Å². The van der Waals surface area contributed by atoms with Crippen LogP contribution < -0.4 is 0 Å². The largest absolute Gasteiger partial charge is 0.0636 e. The molecule has 0 atom stereocenters. The first kappa shape index (κ1) is 31.1. The van der Waals surface area contributed by atoms with Gasteiger partial charge in [-0.2, -0.15) is 0 Å². The monoisotopic (exact) mass is 1840 g/mol. The molecule has 0 spiro atoms. The third kappa shape index (κ3) is 15.0. The van der Waals surface area contributed by atoms with E-state index in [1.54, 1.807) is 0 Å². The first-order valence-electron chi connectivity index (χ1n) is 85.5. The average Bonchev–Trinajstić information content (AvgIpc) is 0.679. The van der Waals surface area contributed by atoms with Crippen LogP contribution in [-0.4, -0.2) is 0 Å². The van der Waals surface area contributed by atoms with E-state index in [0.717, 1.165) is 0 Å². The molecular weight excluding hydrogens is 1660 g/mol. The molecule has 27 aromatic carbocycles. The Kier molecular flexibility index (Phi) is 8.00. The van der Waals surface area contributed by atoms with Crippen LogP contribution >= 0.6 is 0 Å². The Bertz CT molecular complexity index is 15300. The molecule has 0 N–H and O–H groups in total. The van der Waals surface area contributed by atoms with Crippen molar-refractivity contribution in [3.8, 4) is 134 Å². The second-order valence-corrected chi connectivity index (χ2v) is 29.2. The maximum atomic E-state index is 10.3. The number of fused-ring (bicyclic) bond motifs is 12. The molecule has 0 nitrogen and oxygen atoms in total. The minimum Gasteiger partial charge on any atom is -0.0622 e. The van der Waals surface area contributed by atoms with Crippen LogP contribution in [0.5, 0.6) is 0 Å². The molecule has 0 unspecified atom stereocenters. The maximum Gasteiger partial charge on any atom is 0.0636 e. The molecule has 0 radical (unpaired) electrons. The van der Waals surface area contributed by atoms with Crippen molar-refractivity contribution in [1.82, 2.24) is 0 Å². The quantitative estimate of drug-likeness (QED) is 0.107. The van der Waals surface area contributed by atoms with Gasteiger partial charge in [-0.15, -0.1) is 0 Å². The Labute approximate surface area is 929 Å². The summed E-state index contributed by atoms with van der Waals surface area (Å²) >= 11 is 0. The van der Waals surface area contributed by atoms with Crippen molar-refractivity contribution >= 4 is 129 Å². The van der Waals surface area contributed by atoms with E-state index in [0.29, 0.717) is 0 Å². The van der Waals surface area contributed by atoms with Crippen LogP contribution in [0.2, 0.25) is 0 Å². The van der Waals surface area contributed by atoms with Crippen molar-refractivity contribution in [2.75, 3.05) is 0 Å². The summed E-state index contributed by atoms with van der Waals surface area (Å²) in [4.78, 5) is 0. The van der Waals surface area contributed by atoms with Gasteiger partial charge in [0.25, 0.3) is 0 Å². The highest BCUT2D eigenvalue weighted by molar-refractivity contribution is 6.27. The van der Waals surface area contributed by atoms with E-state index in [1.807, 2.05) is 0 Å². The van der Waals surface area contributed by atoms with Crippen molar-refractivity contribution in [2.45, 2.75) is 0 Å². The molecule has 0 aliphatic rings. The average molecular weight is 1840 g/mol. The molecule has 138 heavy (non-hydrogen) atoms. The zero-order chi connectivity index (χ0) is 170. The van der Waals surface area contributed by atoms with E-state index >= 15 is 0 Å². The zero-order valence-electron chi connectivity index (χ0n) is 159. The standard InChI is InChI=1S/3C46H30/c1-2-14-33(15-3-1)39-18-8-9-19-40(39)46-42-21-11-10-20-41(42)45(38-25-23-32-13-5-7-17-35(32)29-38)44-30-37(26-27-43(44)46)36-24-22-31-12-4-6-16-34(31)28-36;1-2-14-33(15-3-1)39-18-8-9-19-40(39)46-42-21-11-10-20-41(42)45(38-25-23-32-13-5-7-17-35(32)29-38)43-27-26-37(30-44(43)46)36-24-22-31-12-4-6-16-34(31)28-36;1-2-14-32(15-3-1)38-20-8-9-21-40(38)46-42-23-11-10-22-41(42)45(36-26-25-31-13-4-5-17-34(31)29-36)43-28-27-35(30-44(43)46)39-24-12-18-33-16-6-7-19-37(33)39/h3*1-30H/i3*1D,2D,3D,4D,5D,6D,7D,8D,9D,10D,11D,12D,13D,14D,15D,16D,17D,18D,19D,20D,21D,22D,23D,24D,25D,26D,27D,28D,29D,30D. The smallest absolute Gasteiger partial charge is 0.0622 e. The first-order valence-corrected chi connectivity index (χ1v) is 40.5. The van der Waals surface area contributed by atoms with Crippen molar-refractivity contribution < 1.29 is 123 Å². The van der Waals surface area contributed by atoms with Gasteiger partial charge in [-0.25, -0.2) is 0 Å². The highest BCUT2D eigenvalue weighted by Crippen LogP contribution is 2.53. The molecule has 0 aliphatic carbocycles. The van der Waals surface area contributed by atoms with Gasteiger partial charge in [-0.3, -0.25) is 0 Å². The van der Waals surface area contributed by atoms with E-state index in [-0.39, 0.29) is 0 Å². The second-order valence-electron chi connectivity index (χ2n) is 29.2. The molecule has 0 aliphatic heterocycles. The van der Waals surface area contributed by atoms with Gasteiger partial charge < -0.3 is 0 Å². The molecule has 0 saturated carbocycles. The molecule has 0 aromatic heterocycles. The summed E-state index contributed by atoms with van der Waals surface area (Å²) in [6.45, 7) is 0. The summed E-state index contributed by atoms with van der Waals surface area (Å²) in [5.41, 5.74) is -22.0. The summed E-state index contributed by atoms with van der Waals surface area (Å²) in [5, 5.41) is -19.0. The molecule has 0 bridgehead atoms. The zero-order valence-corrected chi connectivity index (χ0v) is 69.0. The fourth-order valence-corrected chi connectivity index (χ4v) is 15.8. The van der Waals surface area contributed by atoms with E-state index in [2.05, 4.69) is 0 Å². The lowest BCUT2D eigenvalue weighted by Crippen LogP contribution is -1.93. The predicted octanol–water partition coefficient (Wildman–Crippen LogP) is 38.9. The molecular formula is C138H90. The molecule has 0 saturated heterocycles. The van der Waals surface area contributed by atoms with Gasteiger partial charge >= 0.3 is 0 Å². The normalized spacial score (nSPS) is 20.6. The van der Waals surface area contributed by atoms with Gasteiger partial charge in [0.2, 0.25) is 0 Å². The second kappa shape index (κ2) is 35.5. The third-order valence-corrected chi connectivity index (χ3v) is 21.6. The van der Waals surface area contributed by atoms with Crippen LogP contribution in [0.1, 0.15) is 123 Å². The molecule has 27 aromatic rings. The van der Waals surface area contributed by atoms with E-state index < -0.39 is 807 Å². The lowest BCUT2D eigenvalue weighted by molar-refractivity contribution is 1.60. The SMILES string of the molecule is [2H]c1c([2H])c([2H])c(-c2c([2H])c([2H])c([2H])c([2H])c2-c2c3c([2H])c([2H])c([2H])c([2H])c3c(-c3c([2H])c([2H])c4c([2H])c([2H])c([2H])c([2H])c4c3[2H])c3c([2H])c(-c4c([2H])c([2H])c5c([2H])c([2H])c([2H])c([2H])c5c4[2H])c([2H])c([2H])c23)c([2H])c1[2H].[2H]c1c([2H])c([2H])c(-c2c([2H])c([2H])c([2H])c([2H])c2-c2c3c([2H])c([2H])c([2H])c([2H])c3c(-c3c([2H])c([2H])c4c([2H])c([2H])c([2H])c([2H])c4c3[2H])c3c([2H])c([2H])c(-c4c([2H])c([2H])c([2H])c5c([2H])c([2H])c([2H])c([2H])c45)c([2H])c23)c([2H])c1[2H].[2H]c1c([2H])c([2H])c(-c2c([2H])c([2H])c([2H])c([2H])c2-c2c3c([2H])c([2H])c([2H])c([2H])c3c(-c3c([2H])c([2H])c4c([2H])c([2H])c([2H])c([2H])c4c3[2H])c3c([2H])c([2H])c(-c4c([2H])c([2H])c5c([2H])c([2H])c([2H])c([2H])c5c4[2H])c([2H])c23)c([2H])c1[2H]. The maximum absolute atomic E-state index is 10.3. The molecule has 0 heterocycles. The Morgan fingerprint density at radius 2 is 0.283 bits per heavy atom. The number of benzene rings is 27. The summed E-state index contributed by atoms with van der Waals surface area (Å²) < 4.78 is 813. The van der Waals surface area contributed by atoms with Gasteiger partial charge in [-0.1, -0.05) is 495 Å². The van der Waals surface area contributed by atoms with Crippen LogP contribution in [0.4, 0.5) is 0 Å². The predicted molar refractivity (Wildman–Crippen MR) is 595 cm³/mol. The highest BCUT2D eigenvalue weighted by atomic mass is 14.3. The van der Waals surface area contributed by atoms with Crippen molar-refractivity contribution in [1.29, 1.82) is 0 Å². The number of hydrogen-bond donors (Lipinski definition) is 0. The van der Waals surface area contributed by atoms with E-state index in [1.165, 1.54) is 0 Å². The lowest BCUT2D eigenvalue weighted by Gasteiger charge is -2.21. The molecule has 27 rings (SSSR count). The van der Waals surface area contributed by atoms with Crippen LogP contribution in [0, 0.1) is 0 Å². The Hall–Kier alpha value is -17.9. The number of rotatable bonds is 12. The van der Waals surface area contributed by atoms with Crippen LogP contribution in [0.15, 0.2) is 544 Å². The Balaban J connectivity index is 0.000000161. The Morgan fingerprint density at radius 3 is 0.630 bits per heavy atom. The lowest BCUT2D eigenvalue weighted by atomic mass is 9.82. The fraction of sp³-hybridized carbons (Fsp3) is 0. The van der Waals surface area contributed by atoms with Crippen LogP contribution in [-0.2, 0) is 0 Å². The summed E-state index contributed by atoms with van der Waals surface area (Å²) in [6.07, 6.45) is 0. The summed E-state index contributed by atoms with van der Waals surface area (Å²) in [6, 6.07) is -92.2. The minimum atomic E-state index is -1.20. The summed E-state index contributed by atoms with van der Waals surface area (Å²) in [5.74, 6) is 0. The van der Waals surface area contributed by atoms with Crippen LogP contribution in [0.25, 0.3) is 263 Å². The van der Waals surface area contributed by atoms with Gasteiger partial charge in [-0.05, 0) is 311 Å². The third-order valence-electron chi connectivity index (χ3n) is 21.6. The minimum absolute atomic E-state index is 0.626. The van der Waals surface area contributed by atoms with Gasteiger partial charge in [0.05, 0.1) is 123 Å². The van der Waals surface area contributed by atoms with Crippen LogP contribution in [0.3, 0.4) is 0 Å². The Morgan fingerprint density at radius 1 is 0.0870 bits per heavy atom. The topological polar surface area (TPSA) is 0 Å². The number of hydrogen-bond acceptors (Lipinski definition) is 0. The van der Waals surface area contributed by atoms with Gasteiger partial charge in [0.1, 0.15) is 0 Å². The van der Waals surface area contributed by atoms with E-state index in [4.69, 9.17) is 76.8 Å². The first-order chi connectivity index (χ1) is 106. The molecule has 0 heteroatoms. The fourth-order valence-electron chi connectivity index (χ4n) is 15.8.